The van der Waals surface area contributed by atoms with Crippen LogP contribution in [0.25, 0.3) is 10.9 Å². The smallest absolute Gasteiger partial charge is 0.258 e. The molecule has 1 heterocycles. The second kappa shape index (κ2) is 9.37. The number of ether oxygens (including phenoxy) is 1. The molecule has 3 rings (SSSR count). The molecule has 29 heavy (non-hydrogen) atoms. The number of para-hydroxylation sites is 1. The van der Waals surface area contributed by atoms with Gasteiger partial charge in [0.1, 0.15) is 11.6 Å². The SMILES string of the molecule is CCCCOc1ccc(C(=O)N(Cc2nc3ccccc3c(=O)[nH]2)C(C)C)cc1. The van der Waals surface area contributed by atoms with E-state index in [4.69, 9.17) is 4.74 Å². The van der Waals surface area contributed by atoms with Gasteiger partial charge in [-0.15, -0.1) is 0 Å². The number of benzene rings is 2. The molecule has 0 fully saturated rings. The minimum Gasteiger partial charge on any atom is -0.494 e. The van der Waals surface area contributed by atoms with Crippen LogP contribution < -0.4 is 10.3 Å². The van der Waals surface area contributed by atoms with Crippen molar-refractivity contribution in [2.24, 2.45) is 0 Å². The van der Waals surface area contributed by atoms with Gasteiger partial charge in [0.05, 0.1) is 24.1 Å². The van der Waals surface area contributed by atoms with Crippen molar-refractivity contribution >= 4 is 16.8 Å². The number of fused-ring (bicyclic) bond motifs is 1. The highest BCUT2D eigenvalue weighted by atomic mass is 16.5. The molecule has 1 aromatic heterocycles. The summed E-state index contributed by atoms with van der Waals surface area (Å²) >= 11 is 0. The van der Waals surface area contributed by atoms with E-state index in [2.05, 4.69) is 16.9 Å². The van der Waals surface area contributed by atoms with Crippen molar-refractivity contribution in [2.45, 2.75) is 46.2 Å². The zero-order valence-electron chi connectivity index (χ0n) is 17.1. The number of hydrogen-bond donors (Lipinski definition) is 1. The van der Waals surface area contributed by atoms with Crippen LogP contribution in [0.15, 0.2) is 53.3 Å². The highest BCUT2D eigenvalue weighted by molar-refractivity contribution is 5.94. The first-order valence-electron chi connectivity index (χ1n) is 10.0. The molecule has 0 atom stereocenters. The van der Waals surface area contributed by atoms with Gasteiger partial charge in [-0.1, -0.05) is 25.5 Å². The molecule has 0 unspecified atom stereocenters. The van der Waals surface area contributed by atoms with E-state index in [0.717, 1.165) is 18.6 Å². The van der Waals surface area contributed by atoms with Gasteiger partial charge in [-0.25, -0.2) is 4.98 Å². The van der Waals surface area contributed by atoms with Gasteiger partial charge in [0.15, 0.2) is 0 Å². The molecule has 0 aliphatic carbocycles. The molecule has 0 bridgehead atoms. The Kier molecular flexibility index (Phi) is 6.65. The number of rotatable bonds is 8. The van der Waals surface area contributed by atoms with Gasteiger partial charge in [-0.2, -0.15) is 0 Å². The molecule has 6 heteroatoms. The lowest BCUT2D eigenvalue weighted by molar-refractivity contribution is 0.0685. The fourth-order valence-corrected chi connectivity index (χ4v) is 3.05. The number of amides is 1. The third kappa shape index (κ3) is 5.02. The van der Waals surface area contributed by atoms with Crippen molar-refractivity contribution < 1.29 is 9.53 Å². The number of aromatic nitrogens is 2. The normalized spacial score (nSPS) is 11.0. The molecule has 0 saturated carbocycles. The lowest BCUT2D eigenvalue weighted by Gasteiger charge is -2.26. The number of aromatic amines is 1. The van der Waals surface area contributed by atoms with Gasteiger partial charge < -0.3 is 14.6 Å². The number of carbonyl (C=O) groups is 1. The predicted molar refractivity (Wildman–Crippen MR) is 114 cm³/mol. The van der Waals surface area contributed by atoms with Crippen molar-refractivity contribution in [3.8, 4) is 5.75 Å². The molecule has 2 aromatic carbocycles. The largest absolute Gasteiger partial charge is 0.494 e. The van der Waals surface area contributed by atoms with Gasteiger partial charge in [0.2, 0.25) is 0 Å². The average Bonchev–Trinajstić information content (AvgIpc) is 2.72. The number of hydrogen-bond acceptors (Lipinski definition) is 4. The molecule has 1 N–H and O–H groups in total. The summed E-state index contributed by atoms with van der Waals surface area (Å²) in [7, 11) is 0. The Labute approximate surface area is 170 Å². The van der Waals surface area contributed by atoms with Crippen molar-refractivity contribution in [1.82, 2.24) is 14.9 Å². The van der Waals surface area contributed by atoms with E-state index in [1.807, 2.05) is 32.0 Å². The van der Waals surface area contributed by atoms with E-state index in [-0.39, 0.29) is 24.1 Å². The first kappa shape index (κ1) is 20.6. The Morgan fingerprint density at radius 2 is 1.86 bits per heavy atom. The van der Waals surface area contributed by atoms with Gasteiger partial charge >= 0.3 is 0 Å². The second-order valence-electron chi connectivity index (χ2n) is 7.28. The standard InChI is InChI=1S/C23H27N3O3/c1-4-5-14-29-18-12-10-17(11-13-18)23(28)26(16(2)3)15-21-24-20-9-7-6-8-19(20)22(27)25-21/h6-13,16H,4-5,14-15H2,1-3H3,(H,24,25,27). The van der Waals surface area contributed by atoms with Crippen LogP contribution in [-0.4, -0.2) is 33.4 Å². The summed E-state index contributed by atoms with van der Waals surface area (Å²) in [6, 6.07) is 14.3. The second-order valence-corrected chi connectivity index (χ2v) is 7.28. The van der Waals surface area contributed by atoms with E-state index in [1.165, 1.54) is 0 Å². The van der Waals surface area contributed by atoms with E-state index in [1.54, 1.807) is 35.2 Å². The summed E-state index contributed by atoms with van der Waals surface area (Å²) in [4.78, 5) is 34.4. The zero-order valence-corrected chi connectivity index (χ0v) is 17.1. The van der Waals surface area contributed by atoms with Gasteiger partial charge in [0.25, 0.3) is 11.5 Å². The molecular weight excluding hydrogens is 366 g/mol. The van der Waals surface area contributed by atoms with E-state index in [0.29, 0.717) is 28.9 Å². The number of H-pyrrole nitrogens is 1. The summed E-state index contributed by atoms with van der Waals surface area (Å²) in [5.74, 6) is 1.11. The molecule has 0 aliphatic rings. The lowest BCUT2D eigenvalue weighted by Crippen LogP contribution is -2.37. The summed E-state index contributed by atoms with van der Waals surface area (Å²) < 4.78 is 5.66. The predicted octanol–water partition coefficient (Wildman–Crippen LogP) is 4.15. The van der Waals surface area contributed by atoms with Crippen molar-refractivity contribution in [3.63, 3.8) is 0 Å². The van der Waals surface area contributed by atoms with Crippen LogP contribution in [0.4, 0.5) is 0 Å². The van der Waals surface area contributed by atoms with Gasteiger partial charge in [-0.05, 0) is 56.7 Å². The average molecular weight is 393 g/mol. The molecule has 0 aliphatic heterocycles. The summed E-state index contributed by atoms with van der Waals surface area (Å²) in [6.45, 7) is 6.90. The maximum absolute atomic E-state index is 13.1. The Bertz CT molecular complexity index is 1030. The monoisotopic (exact) mass is 393 g/mol. The highest BCUT2D eigenvalue weighted by Crippen LogP contribution is 2.17. The molecule has 6 nitrogen and oxygen atoms in total. The number of unbranched alkanes of at least 4 members (excludes halogenated alkanes) is 1. The van der Waals surface area contributed by atoms with Crippen LogP contribution in [0.3, 0.4) is 0 Å². The molecule has 0 saturated heterocycles. The topological polar surface area (TPSA) is 75.3 Å². The van der Waals surface area contributed by atoms with Crippen LogP contribution in [0, 0.1) is 0 Å². The Morgan fingerprint density at radius 3 is 2.55 bits per heavy atom. The third-order valence-electron chi connectivity index (χ3n) is 4.73. The van der Waals surface area contributed by atoms with E-state index < -0.39 is 0 Å². The quantitative estimate of drug-likeness (QED) is 0.583. The summed E-state index contributed by atoms with van der Waals surface area (Å²) in [5.41, 5.74) is 0.996. The van der Waals surface area contributed by atoms with E-state index >= 15 is 0 Å². The first-order chi connectivity index (χ1) is 14.0. The molecule has 3 aromatic rings. The third-order valence-corrected chi connectivity index (χ3v) is 4.73. The summed E-state index contributed by atoms with van der Waals surface area (Å²) in [6.07, 6.45) is 2.07. The van der Waals surface area contributed by atoms with Crippen LogP contribution in [-0.2, 0) is 6.54 Å². The number of nitrogens with one attached hydrogen (secondary N) is 1. The maximum atomic E-state index is 13.1. The number of carbonyl (C=O) groups excluding carboxylic acids is 1. The molecular formula is C23H27N3O3. The summed E-state index contributed by atoms with van der Waals surface area (Å²) in [5, 5.41) is 0.539. The maximum Gasteiger partial charge on any atom is 0.258 e. The lowest BCUT2D eigenvalue weighted by atomic mass is 10.1. The van der Waals surface area contributed by atoms with E-state index in [9.17, 15) is 9.59 Å². The Morgan fingerprint density at radius 1 is 1.14 bits per heavy atom. The van der Waals surface area contributed by atoms with Crippen LogP contribution in [0.2, 0.25) is 0 Å². The Hall–Kier alpha value is -3.15. The van der Waals surface area contributed by atoms with Crippen molar-refractivity contribution in [2.75, 3.05) is 6.61 Å². The first-order valence-corrected chi connectivity index (χ1v) is 10.0. The van der Waals surface area contributed by atoms with Crippen LogP contribution in [0.1, 0.15) is 49.8 Å². The Balaban J connectivity index is 1.79. The molecule has 1 amide bonds. The highest BCUT2D eigenvalue weighted by Gasteiger charge is 2.20. The fourth-order valence-electron chi connectivity index (χ4n) is 3.05. The minimum absolute atomic E-state index is 0.0558. The van der Waals surface area contributed by atoms with Crippen LogP contribution >= 0.6 is 0 Å². The van der Waals surface area contributed by atoms with Crippen molar-refractivity contribution in [1.29, 1.82) is 0 Å². The zero-order chi connectivity index (χ0) is 20.8. The van der Waals surface area contributed by atoms with Crippen molar-refractivity contribution in [3.05, 3.63) is 70.3 Å². The molecule has 152 valence electrons. The van der Waals surface area contributed by atoms with Gasteiger partial charge in [-0.3, -0.25) is 9.59 Å². The molecule has 0 spiro atoms. The minimum atomic E-state index is -0.199. The molecule has 0 radical (unpaired) electrons. The van der Waals surface area contributed by atoms with Crippen LogP contribution in [0.5, 0.6) is 5.75 Å². The fraction of sp³-hybridized carbons (Fsp3) is 0.348. The van der Waals surface area contributed by atoms with Gasteiger partial charge in [0, 0.05) is 11.6 Å². The number of nitrogens with zero attached hydrogens (tertiary/aromatic N) is 2.